The van der Waals surface area contributed by atoms with E-state index in [2.05, 4.69) is 5.32 Å². The molecule has 0 bridgehead atoms. The van der Waals surface area contributed by atoms with E-state index in [1.54, 1.807) is 13.1 Å². The molecule has 0 aliphatic heterocycles. The van der Waals surface area contributed by atoms with Gasteiger partial charge in [0.05, 0.1) is 23.2 Å². The summed E-state index contributed by atoms with van der Waals surface area (Å²) in [6.07, 6.45) is 1.21. The lowest BCUT2D eigenvalue weighted by Gasteiger charge is -2.21. The van der Waals surface area contributed by atoms with Crippen molar-refractivity contribution in [3.63, 3.8) is 0 Å². The lowest BCUT2D eigenvalue weighted by Crippen LogP contribution is -2.29. The molecule has 0 saturated heterocycles. The molecule has 1 N–H and O–H groups in total. The summed E-state index contributed by atoms with van der Waals surface area (Å²) in [5.41, 5.74) is 1.13. The third kappa shape index (κ3) is 4.88. The molecular formula is C18H15FN4O3. The zero-order valence-electron chi connectivity index (χ0n) is 13.8. The topological polar surface area (TPSA) is 99.3 Å². The first kappa shape index (κ1) is 18.6. The van der Waals surface area contributed by atoms with Gasteiger partial charge in [0.25, 0.3) is 5.69 Å². The van der Waals surface area contributed by atoms with E-state index in [1.807, 2.05) is 6.07 Å². The number of allylic oxidation sites excluding steroid dienone is 1. The van der Waals surface area contributed by atoms with E-state index in [9.17, 15) is 19.3 Å². The van der Waals surface area contributed by atoms with Crippen LogP contribution in [0.15, 0.2) is 54.6 Å². The highest BCUT2D eigenvalue weighted by atomic mass is 19.1. The van der Waals surface area contributed by atoms with Crippen molar-refractivity contribution in [1.82, 2.24) is 4.90 Å². The van der Waals surface area contributed by atoms with E-state index >= 15 is 0 Å². The standard InChI is InChI=1S/C18H15FN4O3/c1-22(12-18(24)21-15-7-5-14(19)6-8-15)17(9-10-20)13-3-2-4-16(11-13)23(25)26/h2-9,11H,12H2,1H3,(H,21,24)/b17-9+. The molecule has 0 saturated carbocycles. The Labute approximate surface area is 149 Å². The van der Waals surface area contributed by atoms with Gasteiger partial charge in [0.2, 0.25) is 5.91 Å². The number of likely N-dealkylation sites (N-methyl/N-ethyl adjacent to an activating group) is 1. The Kier molecular flexibility index (Phi) is 6.01. The van der Waals surface area contributed by atoms with Gasteiger partial charge in [0.15, 0.2) is 0 Å². The number of non-ortho nitro benzene ring substituents is 1. The molecule has 26 heavy (non-hydrogen) atoms. The summed E-state index contributed by atoms with van der Waals surface area (Å²) in [7, 11) is 1.59. The number of halogens is 1. The van der Waals surface area contributed by atoms with Crippen LogP contribution >= 0.6 is 0 Å². The molecule has 0 spiro atoms. The van der Waals surface area contributed by atoms with Gasteiger partial charge in [0, 0.05) is 36.5 Å². The van der Waals surface area contributed by atoms with Crippen LogP contribution in [0.1, 0.15) is 5.56 Å². The molecule has 0 unspecified atom stereocenters. The molecule has 1 amide bonds. The molecule has 7 nitrogen and oxygen atoms in total. The number of carbonyl (C=O) groups is 1. The second kappa shape index (κ2) is 8.39. The fourth-order valence-electron chi connectivity index (χ4n) is 2.29. The molecule has 0 fully saturated rings. The minimum absolute atomic E-state index is 0.104. The maximum Gasteiger partial charge on any atom is 0.270 e. The van der Waals surface area contributed by atoms with E-state index < -0.39 is 10.7 Å². The summed E-state index contributed by atoms with van der Waals surface area (Å²) in [5.74, 6) is -0.793. The Balaban J connectivity index is 2.14. The summed E-state index contributed by atoms with van der Waals surface area (Å²) in [4.78, 5) is 24.1. The summed E-state index contributed by atoms with van der Waals surface area (Å²) in [6, 6.07) is 13.0. The summed E-state index contributed by atoms with van der Waals surface area (Å²) in [5, 5.41) is 22.5. The minimum atomic E-state index is -0.533. The average Bonchev–Trinajstić information content (AvgIpc) is 2.61. The Hall–Kier alpha value is -3.73. The number of carbonyl (C=O) groups excluding carboxylic acids is 1. The molecule has 2 aromatic carbocycles. The number of nitrogens with one attached hydrogen (secondary N) is 1. The molecule has 2 aromatic rings. The van der Waals surface area contributed by atoms with Crippen molar-refractivity contribution >= 4 is 23.0 Å². The van der Waals surface area contributed by atoms with Crippen LogP contribution in [-0.2, 0) is 4.79 Å². The molecule has 0 atom stereocenters. The number of nitro benzene ring substituents is 1. The van der Waals surface area contributed by atoms with Crippen LogP contribution in [0.4, 0.5) is 15.8 Å². The molecule has 2 rings (SSSR count). The number of hydrogen-bond acceptors (Lipinski definition) is 5. The second-order valence-corrected chi connectivity index (χ2v) is 5.38. The Morgan fingerprint density at radius 1 is 1.35 bits per heavy atom. The van der Waals surface area contributed by atoms with Crippen LogP contribution in [0.25, 0.3) is 5.70 Å². The van der Waals surface area contributed by atoms with Crippen molar-refractivity contribution in [3.05, 3.63) is 76.1 Å². The number of nitriles is 1. The highest BCUT2D eigenvalue weighted by Crippen LogP contribution is 2.22. The number of nitrogens with zero attached hydrogens (tertiary/aromatic N) is 3. The van der Waals surface area contributed by atoms with Crippen LogP contribution in [-0.4, -0.2) is 29.3 Å². The van der Waals surface area contributed by atoms with E-state index in [0.29, 0.717) is 16.9 Å². The molecule has 0 aliphatic rings. The Bertz CT molecular complexity index is 888. The van der Waals surface area contributed by atoms with E-state index in [0.717, 1.165) is 0 Å². The van der Waals surface area contributed by atoms with Crippen molar-refractivity contribution < 1.29 is 14.1 Å². The van der Waals surface area contributed by atoms with Gasteiger partial charge in [-0.2, -0.15) is 5.26 Å². The smallest absolute Gasteiger partial charge is 0.270 e. The van der Waals surface area contributed by atoms with Crippen molar-refractivity contribution in [1.29, 1.82) is 5.26 Å². The van der Waals surface area contributed by atoms with Gasteiger partial charge in [0.1, 0.15) is 5.82 Å². The van der Waals surface area contributed by atoms with Crippen molar-refractivity contribution in [3.8, 4) is 6.07 Å². The van der Waals surface area contributed by atoms with Gasteiger partial charge >= 0.3 is 0 Å². The largest absolute Gasteiger partial charge is 0.364 e. The first-order valence-electron chi connectivity index (χ1n) is 7.52. The minimum Gasteiger partial charge on any atom is -0.364 e. The molecule has 0 heterocycles. The van der Waals surface area contributed by atoms with Gasteiger partial charge in [-0.1, -0.05) is 12.1 Å². The van der Waals surface area contributed by atoms with Gasteiger partial charge in [-0.3, -0.25) is 14.9 Å². The van der Waals surface area contributed by atoms with Crippen LogP contribution in [0, 0.1) is 27.3 Å². The maximum atomic E-state index is 12.9. The number of nitro groups is 1. The van der Waals surface area contributed by atoms with Crippen molar-refractivity contribution in [2.45, 2.75) is 0 Å². The third-order valence-corrected chi connectivity index (χ3v) is 3.47. The number of hydrogen-bond donors (Lipinski definition) is 1. The number of anilines is 1. The van der Waals surface area contributed by atoms with Gasteiger partial charge in [-0.05, 0) is 24.3 Å². The molecular weight excluding hydrogens is 339 g/mol. The van der Waals surface area contributed by atoms with Gasteiger partial charge in [-0.15, -0.1) is 0 Å². The Morgan fingerprint density at radius 2 is 2.04 bits per heavy atom. The highest BCUT2D eigenvalue weighted by Gasteiger charge is 2.15. The number of benzene rings is 2. The first-order valence-corrected chi connectivity index (χ1v) is 7.52. The normalized spacial score (nSPS) is 10.7. The summed E-state index contributed by atoms with van der Waals surface area (Å²) >= 11 is 0. The van der Waals surface area contributed by atoms with Gasteiger partial charge in [-0.25, -0.2) is 4.39 Å². The van der Waals surface area contributed by atoms with Crippen LogP contribution in [0.3, 0.4) is 0 Å². The fourth-order valence-corrected chi connectivity index (χ4v) is 2.29. The molecule has 0 aromatic heterocycles. The van der Waals surface area contributed by atoms with Gasteiger partial charge < -0.3 is 10.2 Å². The second-order valence-electron chi connectivity index (χ2n) is 5.38. The first-order chi connectivity index (χ1) is 12.4. The predicted octanol–water partition coefficient (Wildman–Crippen LogP) is 3.17. The van der Waals surface area contributed by atoms with E-state index in [-0.39, 0.29) is 18.1 Å². The summed E-state index contributed by atoms with van der Waals surface area (Å²) in [6.45, 7) is -0.104. The van der Waals surface area contributed by atoms with Crippen LogP contribution in [0.5, 0.6) is 0 Å². The van der Waals surface area contributed by atoms with E-state index in [1.165, 1.54) is 53.4 Å². The predicted molar refractivity (Wildman–Crippen MR) is 94.3 cm³/mol. The van der Waals surface area contributed by atoms with Crippen molar-refractivity contribution in [2.24, 2.45) is 0 Å². The monoisotopic (exact) mass is 354 g/mol. The zero-order chi connectivity index (χ0) is 19.1. The number of rotatable bonds is 6. The molecule has 132 valence electrons. The average molecular weight is 354 g/mol. The maximum absolute atomic E-state index is 12.9. The number of amides is 1. The van der Waals surface area contributed by atoms with E-state index in [4.69, 9.17) is 5.26 Å². The molecule has 0 aliphatic carbocycles. The lowest BCUT2D eigenvalue weighted by molar-refractivity contribution is -0.384. The van der Waals surface area contributed by atoms with Crippen molar-refractivity contribution in [2.75, 3.05) is 18.9 Å². The fraction of sp³-hybridized carbons (Fsp3) is 0.111. The molecule has 0 radical (unpaired) electrons. The lowest BCUT2D eigenvalue weighted by atomic mass is 10.1. The summed E-state index contributed by atoms with van der Waals surface area (Å²) < 4.78 is 12.9. The molecule has 8 heteroatoms. The Morgan fingerprint density at radius 3 is 2.65 bits per heavy atom. The SMILES string of the molecule is CN(CC(=O)Nc1ccc(F)cc1)/C(=C/C#N)c1cccc([N+](=O)[O-])c1. The highest BCUT2D eigenvalue weighted by molar-refractivity contribution is 5.93. The zero-order valence-corrected chi connectivity index (χ0v) is 13.8. The quantitative estimate of drug-likeness (QED) is 0.488. The van der Waals surface area contributed by atoms with Crippen LogP contribution < -0.4 is 5.32 Å². The third-order valence-electron chi connectivity index (χ3n) is 3.47. The van der Waals surface area contributed by atoms with Crippen LogP contribution in [0.2, 0.25) is 0 Å².